The Morgan fingerprint density at radius 3 is 2.60 bits per heavy atom. The van der Waals surface area contributed by atoms with Crippen LogP contribution in [-0.2, 0) is 6.18 Å². The quantitative estimate of drug-likeness (QED) is 0.614. The van der Waals surface area contributed by atoms with E-state index in [4.69, 9.17) is 4.74 Å². The highest BCUT2D eigenvalue weighted by atomic mass is 127. The van der Waals surface area contributed by atoms with Crippen molar-refractivity contribution >= 4 is 22.6 Å². The molecule has 0 radical (unpaired) electrons. The summed E-state index contributed by atoms with van der Waals surface area (Å²) in [7, 11) is 0. The van der Waals surface area contributed by atoms with E-state index in [9.17, 15) is 13.2 Å². The number of rotatable bonds is 2. The van der Waals surface area contributed by atoms with E-state index in [1.165, 1.54) is 6.07 Å². The lowest BCUT2D eigenvalue weighted by Gasteiger charge is -2.13. The Morgan fingerprint density at radius 1 is 1.40 bits per heavy atom. The average Bonchev–Trinajstić information content (AvgIpc) is 2.85. The van der Waals surface area contributed by atoms with Gasteiger partial charge in [-0.2, -0.15) is 13.2 Å². The standard InChI is InChI=1S/C9H7F3INO/c10-9(11,12)6-4-14-8(13)3-7(6)15-5-1-2-5/h3-5H,1-2H2. The summed E-state index contributed by atoms with van der Waals surface area (Å²) in [6, 6.07) is 1.32. The minimum absolute atomic E-state index is 0.0516. The average molecular weight is 329 g/mol. The molecule has 6 heteroatoms. The number of ether oxygens (including phenoxy) is 1. The van der Waals surface area contributed by atoms with Gasteiger partial charge < -0.3 is 4.74 Å². The fourth-order valence-electron chi connectivity index (χ4n) is 1.09. The van der Waals surface area contributed by atoms with Crippen molar-refractivity contribution in [2.75, 3.05) is 0 Å². The van der Waals surface area contributed by atoms with Crippen molar-refractivity contribution in [3.63, 3.8) is 0 Å². The van der Waals surface area contributed by atoms with Gasteiger partial charge in [0.25, 0.3) is 0 Å². The van der Waals surface area contributed by atoms with Crippen molar-refractivity contribution in [2.24, 2.45) is 0 Å². The zero-order valence-electron chi connectivity index (χ0n) is 7.51. The second-order valence-electron chi connectivity index (χ2n) is 3.32. The molecule has 0 saturated heterocycles. The molecule has 1 aliphatic rings. The van der Waals surface area contributed by atoms with Crippen LogP contribution in [0.1, 0.15) is 18.4 Å². The molecule has 0 atom stereocenters. The van der Waals surface area contributed by atoms with Gasteiger partial charge >= 0.3 is 6.18 Å². The zero-order chi connectivity index (χ0) is 11.1. The van der Waals surface area contributed by atoms with Gasteiger partial charge in [0.15, 0.2) is 0 Å². The lowest BCUT2D eigenvalue weighted by atomic mass is 10.2. The Labute approximate surface area is 98.0 Å². The number of hydrogen-bond donors (Lipinski definition) is 0. The molecule has 1 aliphatic carbocycles. The monoisotopic (exact) mass is 329 g/mol. The molecule has 1 aromatic heterocycles. The second-order valence-corrected chi connectivity index (χ2v) is 4.42. The summed E-state index contributed by atoms with van der Waals surface area (Å²) in [5, 5.41) is 0. The van der Waals surface area contributed by atoms with Crippen molar-refractivity contribution in [2.45, 2.75) is 25.1 Å². The molecule has 0 bridgehead atoms. The Bertz CT molecular complexity index is 376. The van der Waals surface area contributed by atoms with E-state index in [0.717, 1.165) is 19.0 Å². The van der Waals surface area contributed by atoms with Crippen LogP contribution in [0.25, 0.3) is 0 Å². The van der Waals surface area contributed by atoms with Crippen molar-refractivity contribution in [1.29, 1.82) is 0 Å². The third-order valence-corrected chi connectivity index (χ3v) is 2.55. The molecule has 0 spiro atoms. The van der Waals surface area contributed by atoms with Crippen LogP contribution in [0.5, 0.6) is 5.75 Å². The first-order chi connectivity index (χ1) is 6.97. The fraction of sp³-hybridized carbons (Fsp3) is 0.444. The van der Waals surface area contributed by atoms with Gasteiger partial charge in [-0.05, 0) is 35.4 Å². The van der Waals surface area contributed by atoms with Crippen LogP contribution in [0.15, 0.2) is 12.3 Å². The molecule has 0 unspecified atom stereocenters. The molecule has 0 N–H and O–H groups in total. The normalized spacial score (nSPS) is 16.5. The molecule has 1 saturated carbocycles. The molecule has 2 rings (SSSR count). The lowest BCUT2D eigenvalue weighted by molar-refractivity contribution is -0.139. The maximum atomic E-state index is 12.5. The summed E-state index contributed by atoms with van der Waals surface area (Å²) < 4.78 is 43.3. The number of hydrogen-bond acceptors (Lipinski definition) is 2. The molecular formula is C9H7F3INO. The van der Waals surface area contributed by atoms with Crippen LogP contribution >= 0.6 is 22.6 Å². The summed E-state index contributed by atoms with van der Waals surface area (Å²) in [4.78, 5) is 3.62. The largest absolute Gasteiger partial charge is 0.490 e. The molecule has 15 heavy (non-hydrogen) atoms. The lowest BCUT2D eigenvalue weighted by Crippen LogP contribution is -2.10. The van der Waals surface area contributed by atoms with Gasteiger partial charge in [-0.1, -0.05) is 0 Å². The SMILES string of the molecule is FC(F)(F)c1cnc(I)cc1OC1CC1. The van der Waals surface area contributed by atoms with E-state index < -0.39 is 11.7 Å². The predicted molar refractivity (Wildman–Crippen MR) is 55.6 cm³/mol. The molecule has 1 fully saturated rings. The summed E-state index contributed by atoms with van der Waals surface area (Å²) >= 11 is 1.86. The van der Waals surface area contributed by atoms with Gasteiger partial charge in [0.05, 0.1) is 6.10 Å². The Morgan fingerprint density at radius 2 is 2.07 bits per heavy atom. The van der Waals surface area contributed by atoms with Crippen LogP contribution in [0.4, 0.5) is 13.2 Å². The second kappa shape index (κ2) is 3.80. The fourth-order valence-corrected chi connectivity index (χ4v) is 1.51. The van der Waals surface area contributed by atoms with Crippen LogP contribution in [0, 0.1) is 3.70 Å². The number of halogens is 4. The van der Waals surface area contributed by atoms with Gasteiger partial charge in [-0.25, -0.2) is 4.98 Å². The number of pyridine rings is 1. The highest BCUT2D eigenvalue weighted by Gasteiger charge is 2.36. The first kappa shape index (κ1) is 11.0. The van der Waals surface area contributed by atoms with Crippen molar-refractivity contribution in [1.82, 2.24) is 4.98 Å². The van der Waals surface area contributed by atoms with E-state index >= 15 is 0 Å². The minimum atomic E-state index is -4.40. The molecule has 1 aromatic rings. The molecule has 0 aromatic carbocycles. The van der Waals surface area contributed by atoms with Crippen molar-refractivity contribution in [3.8, 4) is 5.75 Å². The highest BCUT2D eigenvalue weighted by molar-refractivity contribution is 14.1. The third kappa shape index (κ3) is 2.73. The van der Waals surface area contributed by atoms with Crippen molar-refractivity contribution < 1.29 is 17.9 Å². The minimum Gasteiger partial charge on any atom is -0.490 e. The smallest absolute Gasteiger partial charge is 0.421 e. The van der Waals surface area contributed by atoms with Crippen LogP contribution < -0.4 is 4.74 Å². The molecule has 0 aliphatic heterocycles. The maximum Gasteiger partial charge on any atom is 0.421 e. The van der Waals surface area contributed by atoms with E-state index in [0.29, 0.717) is 3.70 Å². The first-order valence-corrected chi connectivity index (χ1v) is 5.44. The highest BCUT2D eigenvalue weighted by Crippen LogP contribution is 2.38. The number of alkyl halides is 3. The van der Waals surface area contributed by atoms with Crippen LogP contribution in [0.2, 0.25) is 0 Å². The summed E-state index contributed by atoms with van der Waals surface area (Å²) in [6.45, 7) is 0. The topological polar surface area (TPSA) is 22.1 Å². The zero-order valence-corrected chi connectivity index (χ0v) is 9.67. The van der Waals surface area contributed by atoms with Crippen molar-refractivity contribution in [3.05, 3.63) is 21.5 Å². The summed E-state index contributed by atoms with van der Waals surface area (Å²) in [6.07, 6.45) is -1.97. The van der Waals surface area contributed by atoms with Gasteiger partial charge in [-0.3, -0.25) is 0 Å². The Kier molecular flexibility index (Phi) is 2.78. The van der Waals surface area contributed by atoms with Gasteiger partial charge in [0, 0.05) is 12.3 Å². The Hall–Kier alpha value is -0.530. The maximum absolute atomic E-state index is 12.5. The number of nitrogens with zero attached hydrogens (tertiary/aromatic N) is 1. The molecule has 82 valence electrons. The van der Waals surface area contributed by atoms with E-state index in [1.807, 2.05) is 22.6 Å². The summed E-state index contributed by atoms with van der Waals surface area (Å²) in [5.74, 6) is -0.107. The third-order valence-electron chi connectivity index (χ3n) is 1.96. The van der Waals surface area contributed by atoms with Gasteiger partial charge in [0.2, 0.25) is 0 Å². The van der Waals surface area contributed by atoms with Gasteiger partial charge in [0.1, 0.15) is 15.0 Å². The van der Waals surface area contributed by atoms with E-state index in [1.54, 1.807) is 0 Å². The number of aromatic nitrogens is 1. The van der Waals surface area contributed by atoms with E-state index in [-0.39, 0.29) is 11.9 Å². The van der Waals surface area contributed by atoms with Crippen LogP contribution in [0.3, 0.4) is 0 Å². The molecule has 1 heterocycles. The Balaban J connectivity index is 2.34. The first-order valence-electron chi connectivity index (χ1n) is 4.36. The predicted octanol–water partition coefficient (Wildman–Crippen LogP) is 3.25. The molecule has 2 nitrogen and oxygen atoms in total. The molecular weight excluding hydrogens is 322 g/mol. The van der Waals surface area contributed by atoms with Crippen LogP contribution in [-0.4, -0.2) is 11.1 Å². The van der Waals surface area contributed by atoms with E-state index in [2.05, 4.69) is 4.98 Å². The molecule has 0 amide bonds. The van der Waals surface area contributed by atoms with Gasteiger partial charge in [-0.15, -0.1) is 0 Å². The summed E-state index contributed by atoms with van der Waals surface area (Å²) in [5.41, 5.74) is -0.796.